The number of hydrogen-bond acceptors (Lipinski definition) is 3. The normalized spacial score (nSPS) is 11.4. The van der Waals surface area contributed by atoms with Crippen LogP contribution in [0.15, 0.2) is 6.20 Å². The van der Waals surface area contributed by atoms with Gasteiger partial charge in [-0.3, -0.25) is 4.79 Å². The lowest BCUT2D eigenvalue weighted by atomic mass is 9.89. The average Bonchev–Trinajstić information content (AvgIpc) is 2.52. The Balaban J connectivity index is 2.82. The molecule has 0 aliphatic rings. The summed E-state index contributed by atoms with van der Waals surface area (Å²) in [5.74, 6) is -0.0693. The third-order valence-electron chi connectivity index (χ3n) is 2.34. The van der Waals surface area contributed by atoms with Gasteiger partial charge >= 0.3 is 0 Å². The van der Waals surface area contributed by atoms with Crippen molar-refractivity contribution in [3.63, 3.8) is 0 Å². The van der Waals surface area contributed by atoms with Gasteiger partial charge in [-0.05, 0) is 6.42 Å². The van der Waals surface area contributed by atoms with E-state index in [1.807, 2.05) is 6.20 Å². The van der Waals surface area contributed by atoms with Crippen molar-refractivity contribution < 1.29 is 4.79 Å². The van der Waals surface area contributed by atoms with Gasteiger partial charge in [0.2, 0.25) is 5.91 Å². The van der Waals surface area contributed by atoms with Crippen LogP contribution in [0.3, 0.4) is 0 Å². The first kappa shape index (κ1) is 11.2. The van der Waals surface area contributed by atoms with Crippen LogP contribution in [0.1, 0.15) is 39.0 Å². The maximum absolute atomic E-state index is 10.8. The topological polar surface area (TPSA) is 42.0 Å². The van der Waals surface area contributed by atoms with Gasteiger partial charge in [-0.1, -0.05) is 20.8 Å². The third-order valence-corrected chi connectivity index (χ3v) is 3.62. The molecule has 0 bridgehead atoms. The second-order valence-corrected chi connectivity index (χ2v) is 4.98. The summed E-state index contributed by atoms with van der Waals surface area (Å²) < 4.78 is 0. The van der Waals surface area contributed by atoms with E-state index < -0.39 is 0 Å². The Kier molecular flexibility index (Phi) is 3.26. The summed E-state index contributed by atoms with van der Waals surface area (Å²) in [5, 5.41) is 3.38. The molecule has 78 valence electrons. The number of rotatable bonds is 3. The first-order chi connectivity index (χ1) is 6.45. The highest BCUT2D eigenvalue weighted by Gasteiger charge is 2.21. The molecule has 1 aromatic heterocycles. The summed E-state index contributed by atoms with van der Waals surface area (Å²) in [6, 6.07) is 0. The van der Waals surface area contributed by atoms with Crippen LogP contribution in [-0.4, -0.2) is 10.9 Å². The second-order valence-electron chi connectivity index (χ2n) is 3.95. The Morgan fingerprint density at radius 3 is 2.79 bits per heavy atom. The number of thiazole rings is 1. The maximum atomic E-state index is 10.8. The molecule has 0 aliphatic carbocycles. The summed E-state index contributed by atoms with van der Waals surface area (Å²) in [6.45, 7) is 8.00. The molecular formula is C10H16N2OS. The van der Waals surface area contributed by atoms with E-state index >= 15 is 0 Å². The highest BCUT2D eigenvalue weighted by Crippen LogP contribution is 2.32. The van der Waals surface area contributed by atoms with E-state index in [-0.39, 0.29) is 11.3 Å². The predicted octanol–water partition coefficient (Wildman–Crippen LogP) is 2.79. The zero-order chi connectivity index (χ0) is 10.8. The molecule has 0 aliphatic heterocycles. The van der Waals surface area contributed by atoms with E-state index in [9.17, 15) is 4.79 Å². The van der Waals surface area contributed by atoms with Crippen LogP contribution < -0.4 is 5.32 Å². The minimum atomic E-state index is -0.0693. The number of amides is 1. The number of hydrogen-bond donors (Lipinski definition) is 1. The largest absolute Gasteiger partial charge is 0.302 e. The fourth-order valence-electron chi connectivity index (χ4n) is 0.970. The molecule has 0 saturated carbocycles. The zero-order valence-electron chi connectivity index (χ0n) is 9.05. The van der Waals surface area contributed by atoms with Crippen LogP contribution in [0.25, 0.3) is 0 Å². The van der Waals surface area contributed by atoms with E-state index in [1.165, 1.54) is 11.8 Å². The zero-order valence-corrected chi connectivity index (χ0v) is 9.86. The van der Waals surface area contributed by atoms with Crippen LogP contribution in [0.2, 0.25) is 0 Å². The van der Waals surface area contributed by atoms with E-state index in [1.54, 1.807) is 11.3 Å². The molecule has 0 aromatic carbocycles. The summed E-state index contributed by atoms with van der Waals surface area (Å²) in [6.07, 6.45) is 2.91. The van der Waals surface area contributed by atoms with Crippen molar-refractivity contribution in [2.45, 2.75) is 39.5 Å². The quantitative estimate of drug-likeness (QED) is 0.837. The van der Waals surface area contributed by atoms with Crippen LogP contribution in [-0.2, 0) is 10.2 Å². The number of nitrogens with zero attached hydrogens (tertiary/aromatic N) is 1. The van der Waals surface area contributed by atoms with Crippen molar-refractivity contribution in [2.24, 2.45) is 0 Å². The van der Waals surface area contributed by atoms with Crippen molar-refractivity contribution in [3.8, 4) is 0 Å². The van der Waals surface area contributed by atoms with Crippen LogP contribution in [0.5, 0.6) is 0 Å². The van der Waals surface area contributed by atoms with Gasteiger partial charge in [0, 0.05) is 23.4 Å². The smallest absolute Gasteiger partial charge is 0.223 e. The van der Waals surface area contributed by atoms with Gasteiger partial charge in [0.05, 0.1) is 0 Å². The number of anilines is 1. The minimum Gasteiger partial charge on any atom is -0.302 e. The Bertz CT molecular complexity index is 331. The molecule has 0 unspecified atom stereocenters. The molecule has 0 spiro atoms. The van der Waals surface area contributed by atoms with Crippen LogP contribution >= 0.6 is 11.3 Å². The molecule has 1 N–H and O–H groups in total. The van der Waals surface area contributed by atoms with Gasteiger partial charge in [0.25, 0.3) is 0 Å². The van der Waals surface area contributed by atoms with Crippen molar-refractivity contribution in [1.29, 1.82) is 0 Å². The molecule has 1 heterocycles. The number of carbonyl (C=O) groups is 1. The molecular weight excluding hydrogens is 196 g/mol. The summed E-state index contributed by atoms with van der Waals surface area (Å²) >= 11 is 1.55. The molecule has 0 radical (unpaired) electrons. The lowest BCUT2D eigenvalue weighted by Crippen LogP contribution is -2.13. The lowest BCUT2D eigenvalue weighted by molar-refractivity contribution is -0.114. The van der Waals surface area contributed by atoms with Crippen molar-refractivity contribution in [1.82, 2.24) is 4.98 Å². The Morgan fingerprint density at radius 2 is 2.29 bits per heavy atom. The predicted molar refractivity (Wildman–Crippen MR) is 59.7 cm³/mol. The van der Waals surface area contributed by atoms with Gasteiger partial charge in [-0.2, -0.15) is 0 Å². The van der Waals surface area contributed by atoms with Crippen molar-refractivity contribution in [2.75, 3.05) is 5.32 Å². The minimum absolute atomic E-state index is 0.0693. The van der Waals surface area contributed by atoms with Crippen molar-refractivity contribution >= 4 is 22.4 Å². The maximum Gasteiger partial charge on any atom is 0.223 e. The standard InChI is InChI=1S/C10H16N2OS/c1-5-10(3,4)8-6-11-9(14-8)12-7(2)13/h6H,5H2,1-4H3,(H,11,12,13). The molecule has 0 atom stereocenters. The molecule has 3 nitrogen and oxygen atoms in total. The van der Waals surface area contributed by atoms with Crippen molar-refractivity contribution in [3.05, 3.63) is 11.1 Å². The Hall–Kier alpha value is -0.900. The number of nitrogens with one attached hydrogen (secondary N) is 1. The van der Waals surface area contributed by atoms with E-state index in [0.29, 0.717) is 5.13 Å². The monoisotopic (exact) mass is 212 g/mol. The molecule has 14 heavy (non-hydrogen) atoms. The fourth-order valence-corrected chi connectivity index (χ4v) is 2.00. The number of aromatic nitrogens is 1. The summed E-state index contributed by atoms with van der Waals surface area (Å²) in [4.78, 5) is 16.2. The van der Waals surface area contributed by atoms with Crippen LogP contribution in [0.4, 0.5) is 5.13 Å². The Morgan fingerprint density at radius 1 is 1.64 bits per heavy atom. The molecule has 1 rings (SSSR count). The Labute approximate surface area is 88.6 Å². The molecule has 1 aromatic rings. The van der Waals surface area contributed by atoms with Gasteiger partial charge < -0.3 is 5.32 Å². The van der Waals surface area contributed by atoms with Gasteiger partial charge in [0.15, 0.2) is 5.13 Å². The highest BCUT2D eigenvalue weighted by molar-refractivity contribution is 7.15. The molecule has 1 amide bonds. The van der Waals surface area contributed by atoms with Crippen LogP contribution in [0, 0.1) is 0 Å². The third kappa shape index (κ3) is 2.54. The first-order valence-electron chi connectivity index (χ1n) is 4.69. The summed E-state index contributed by atoms with van der Waals surface area (Å²) in [5.41, 5.74) is 0.147. The second kappa shape index (κ2) is 4.09. The van der Waals surface area contributed by atoms with E-state index in [4.69, 9.17) is 0 Å². The molecule has 0 saturated heterocycles. The SMILES string of the molecule is CCC(C)(C)c1cnc(NC(C)=O)s1. The van der Waals surface area contributed by atoms with E-state index in [0.717, 1.165) is 6.42 Å². The first-order valence-corrected chi connectivity index (χ1v) is 5.51. The molecule has 4 heteroatoms. The number of carbonyl (C=O) groups excluding carboxylic acids is 1. The lowest BCUT2D eigenvalue weighted by Gasteiger charge is -2.19. The summed E-state index contributed by atoms with van der Waals surface area (Å²) in [7, 11) is 0. The average molecular weight is 212 g/mol. The molecule has 0 fully saturated rings. The van der Waals surface area contributed by atoms with Gasteiger partial charge in [-0.25, -0.2) is 4.98 Å². The highest BCUT2D eigenvalue weighted by atomic mass is 32.1. The van der Waals surface area contributed by atoms with E-state index in [2.05, 4.69) is 31.1 Å². The van der Waals surface area contributed by atoms with Gasteiger partial charge in [-0.15, -0.1) is 11.3 Å². The van der Waals surface area contributed by atoms with Gasteiger partial charge in [0.1, 0.15) is 0 Å². The fraction of sp³-hybridized carbons (Fsp3) is 0.600.